The molecule has 1 heterocycles. The first-order chi connectivity index (χ1) is 14.6. The zero-order valence-electron chi connectivity index (χ0n) is 17.0. The third-order valence-electron chi connectivity index (χ3n) is 4.82. The fourth-order valence-electron chi connectivity index (χ4n) is 3.27. The predicted octanol–water partition coefficient (Wildman–Crippen LogP) is 5.55. The van der Waals surface area contributed by atoms with Gasteiger partial charge in [-0.3, -0.25) is 4.79 Å². The first kappa shape index (κ1) is 19.5. The number of carbonyl (C=O) groups is 1. The summed E-state index contributed by atoms with van der Waals surface area (Å²) < 4.78 is 16.9. The van der Waals surface area contributed by atoms with Gasteiger partial charge in [-0.15, -0.1) is 0 Å². The fraction of sp³-hybridized carbons (Fsp3) is 0.120. The molecule has 5 heteroatoms. The molecule has 0 N–H and O–H groups in total. The lowest BCUT2D eigenvalue weighted by molar-refractivity contribution is 0.101. The number of nitrogens with zero attached hydrogens (tertiary/aromatic N) is 1. The average molecular weight is 399 g/mol. The van der Waals surface area contributed by atoms with Crippen LogP contribution in [0.4, 0.5) is 5.69 Å². The van der Waals surface area contributed by atoms with Crippen molar-refractivity contribution in [3.63, 3.8) is 0 Å². The number of fused-ring (bicyclic) bond motifs is 1. The van der Waals surface area contributed by atoms with E-state index in [4.69, 9.17) is 18.9 Å². The van der Waals surface area contributed by atoms with Crippen LogP contribution in [0.5, 0.6) is 11.5 Å². The minimum absolute atomic E-state index is 0.00554. The zero-order valence-corrected chi connectivity index (χ0v) is 17.0. The minimum atomic E-state index is 0.00554. The maximum atomic E-state index is 11.7. The number of hydrogen-bond donors (Lipinski definition) is 0. The molecule has 0 aliphatic carbocycles. The maximum absolute atomic E-state index is 11.7. The maximum Gasteiger partial charge on any atom is 0.161 e. The summed E-state index contributed by atoms with van der Waals surface area (Å²) in [7, 11) is 3.20. The Kier molecular flexibility index (Phi) is 5.35. The molecular formula is C25H21NO4. The molecule has 0 fully saturated rings. The molecule has 5 nitrogen and oxygen atoms in total. The highest BCUT2D eigenvalue weighted by molar-refractivity contribution is 5.94. The molecule has 0 spiro atoms. The SMILES string of the molecule is COc1ccc(-c2cc(=Nc3cccc(C(C)=O)c3)c3ccccc3o2)cc1OC. The summed E-state index contributed by atoms with van der Waals surface area (Å²) in [5.74, 6) is 1.92. The number of ether oxygens (including phenoxy) is 2. The van der Waals surface area contributed by atoms with E-state index in [2.05, 4.69) is 0 Å². The zero-order chi connectivity index (χ0) is 21.1. The first-order valence-electron chi connectivity index (χ1n) is 9.50. The fourth-order valence-corrected chi connectivity index (χ4v) is 3.27. The monoisotopic (exact) mass is 399 g/mol. The molecule has 0 aliphatic heterocycles. The number of ketones is 1. The van der Waals surface area contributed by atoms with Gasteiger partial charge in [0.15, 0.2) is 17.3 Å². The molecule has 0 saturated heterocycles. The van der Waals surface area contributed by atoms with Crippen molar-refractivity contribution in [2.45, 2.75) is 6.92 Å². The lowest BCUT2D eigenvalue weighted by atomic mass is 10.1. The summed E-state index contributed by atoms with van der Waals surface area (Å²) in [4.78, 5) is 16.5. The molecule has 0 amide bonds. The van der Waals surface area contributed by atoms with Gasteiger partial charge in [-0.2, -0.15) is 0 Å². The summed E-state index contributed by atoms with van der Waals surface area (Å²) in [6.45, 7) is 1.55. The lowest BCUT2D eigenvalue weighted by Gasteiger charge is -2.10. The molecule has 0 unspecified atom stereocenters. The van der Waals surface area contributed by atoms with E-state index in [9.17, 15) is 4.79 Å². The topological polar surface area (TPSA) is 61.0 Å². The van der Waals surface area contributed by atoms with Gasteiger partial charge in [-0.25, -0.2) is 4.99 Å². The standard InChI is InChI=1S/C25H21NO4/c1-16(27)17-7-6-8-19(13-17)26-21-15-24(30-22-10-5-4-9-20(21)22)18-11-12-23(28-2)25(14-18)29-3/h4-15H,1-3H3. The van der Waals surface area contributed by atoms with E-state index in [0.29, 0.717) is 34.1 Å². The van der Waals surface area contributed by atoms with Crippen LogP contribution in [-0.2, 0) is 0 Å². The summed E-state index contributed by atoms with van der Waals surface area (Å²) in [5.41, 5.74) is 2.89. The smallest absolute Gasteiger partial charge is 0.161 e. The highest BCUT2D eigenvalue weighted by atomic mass is 16.5. The van der Waals surface area contributed by atoms with Crippen LogP contribution in [0, 0.1) is 0 Å². The van der Waals surface area contributed by atoms with E-state index in [-0.39, 0.29) is 5.78 Å². The van der Waals surface area contributed by atoms with Crippen molar-refractivity contribution in [2.24, 2.45) is 4.99 Å². The Morgan fingerprint density at radius 2 is 1.67 bits per heavy atom. The van der Waals surface area contributed by atoms with Gasteiger partial charge in [0.2, 0.25) is 0 Å². The number of rotatable bonds is 5. The molecule has 1 aromatic heterocycles. The van der Waals surface area contributed by atoms with Gasteiger partial charge in [-0.05, 0) is 49.4 Å². The van der Waals surface area contributed by atoms with Gasteiger partial charge < -0.3 is 13.9 Å². The summed E-state index contributed by atoms with van der Waals surface area (Å²) >= 11 is 0. The van der Waals surface area contributed by atoms with Crippen LogP contribution in [0.25, 0.3) is 22.3 Å². The van der Waals surface area contributed by atoms with E-state index in [1.165, 1.54) is 0 Å². The van der Waals surface area contributed by atoms with E-state index in [1.807, 2.05) is 60.7 Å². The number of benzene rings is 3. The van der Waals surface area contributed by atoms with E-state index >= 15 is 0 Å². The average Bonchev–Trinajstić information content (AvgIpc) is 2.78. The molecule has 4 aromatic rings. The van der Waals surface area contributed by atoms with Crippen molar-refractivity contribution in [1.82, 2.24) is 0 Å². The molecule has 0 saturated carbocycles. The van der Waals surface area contributed by atoms with Crippen LogP contribution >= 0.6 is 0 Å². The van der Waals surface area contributed by atoms with Crippen molar-refractivity contribution < 1.29 is 18.7 Å². The highest BCUT2D eigenvalue weighted by Gasteiger charge is 2.10. The normalized spacial score (nSPS) is 11.5. The number of hydrogen-bond acceptors (Lipinski definition) is 5. The van der Waals surface area contributed by atoms with Crippen molar-refractivity contribution in [2.75, 3.05) is 14.2 Å². The largest absolute Gasteiger partial charge is 0.493 e. The molecule has 30 heavy (non-hydrogen) atoms. The molecule has 0 atom stereocenters. The van der Waals surface area contributed by atoms with Crippen molar-refractivity contribution in [3.05, 3.63) is 83.7 Å². The number of para-hydroxylation sites is 1. The van der Waals surface area contributed by atoms with Crippen molar-refractivity contribution in [1.29, 1.82) is 0 Å². The second-order valence-corrected chi connectivity index (χ2v) is 6.78. The molecule has 3 aromatic carbocycles. The Bertz CT molecular complexity index is 1300. The summed E-state index contributed by atoms with van der Waals surface area (Å²) in [6, 6.07) is 22.5. The minimum Gasteiger partial charge on any atom is -0.493 e. The molecule has 150 valence electrons. The van der Waals surface area contributed by atoms with Gasteiger partial charge in [0, 0.05) is 22.6 Å². The van der Waals surface area contributed by atoms with Gasteiger partial charge in [0.25, 0.3) is 0 Å². The summed E-state index contributed by atoms with van der Waals surface area (Å²) in [5, 5.41) is 1.64. The van der Waals surface area contributed by atoms with Crippen LogP contribution in [0.2, 0.25) is 0 Å². The Morgan fingerprint density at radius 1 is 0.867 bits per heavy atom. The van der Waals surface area contributed by atoms with Gasteiger partial charge in [-0.1, -0.05) is 24.3 Å². The van der Waals surface area contributed by atoms with Crippen LogP contribution < -0.4 is 14.8 Å². The van der Waals surface area contributed by atoms with Crippen LogP contribution in [0.3, 0.4) is 0 Å². The van der Waals surface area contributed by atoms with Gasteiger partial charge in [0.05, 0.1) is 25.3 Å². The molecule has 0 radical (unpaired) electrons. The third kappa shape index (κ3) is 3.82. The second kappa shape index (κ2) is 8.25. The lowest BCUT2D eigenvalue weighted by Crippen LogP contribution is -2.03. The van der Waals surface area contributed by atoms with Crippen molar-refractivity contribution in [3.8, 4) is 22.8 Å². The Labute approximate surface area is 174 Å². The number of methoxy groups -OCH3 is 2. The molecular weight excluding hydrogens is 378 g/mol. The Balaban J connectivity index is 1.93. The quantitative estimate of drug-likeness (QED) is 0.413. The highest BCUT2D eigenvalue weighted by Crippen LogP contribution is 2.32. The van der Waals surface area contributed by atoms with Crippen LogP contribution in [-0.4, -0.2) is 20.0 Å². The molecule has 4 rings (SSSR count). The van der Waals surface area contributed by atoms with E-state index in [1.54, 1.807) is 33.3 Å². The van der Waals surface area contributed by atoms with Gasteiger partial charge >= 0.3 is 0 Å². The van der Waals surface area contributed by atoms with E-state index < -0.39 is 0 Å². The Hall–Kier alpha value is -3.86. The number of Topliss-reactive ketones (excluding diaryl/α,β-unsaturated/α-hetero) is 1. The molecule has 0 aliphatic rings. The summed E-state index contributed by atoms with van der Waals surface area (Å²) in [6.07, 6.45) is 0. The van der Waals surface area contributed by atoms with Gasteiger partial charge in [0.1, 0.15) is 11.3 Å². The second-order valence-electron chi connectivity index (χ2n) is 6.78. The van der Waals surface area contributed by atoms with Crippen LogP contribution in [0.1, 0.15) is 17.3 Å². The first-order valence-corrected chi connectivity index (χ1v) is 9.50. The van der Waals surface area contributed by atoms with Crippen molar-refractivity contribution >= 4 is 22.4 Å². The third-order valence-corrected chi connectivity index (χ3v) is 4.82. The van der Waals surface area contributed by atoms with Crippen LogP contribution in [0.15, 0.2) is 82.2 Å². The predicted molar refractivity (Wildman–Crippen MR) is 116 cm³/mol. The van der Waals surface area contributed by atoms with E-state index in [0.717, 1.165) is 16.3 Å². The number of carbonyl (C=O) groups excluding carboxylic acids is 1. The molecule has 0 bridgehead atoms. The Morgan fingerprint density at radius 3 is 2.43 bits per heavy atom.